The highest BCUT2D eigenvalue weighted by molar-refractivity contribution is 5.89. The Morgan fingerprint density at radius 2 is 1.81 bits per heavy atom. The molecule has 1 aliphatic heterocycles. The monoisotopic (exact) mass is 353 g/mol. The van der Waals surface area contributed by atoms with Gasteiger partial charge < -0.3 is 9.47 Å². The Hall–Kier alpha value is -1.91. The molecule has 2 unspecified atom stereocenters. The standard InChI is InChI=1S/C22H27NO3/c24-22(16-18-8-5-7-17-6-1-2-9-19(17)18)26-21-11-4-3-10-20(21)23-12-14-25-15-13-23/h1-2,5-9,20-21H,3-4,10-16H2. The number of esters is 1. The molecule has 1 saturated heterocycles. The van der Waals surface area contributed by atoms with Crippen molar-refractivity contribution in [3.63, 3.8) is 0 Å². The Morgan fingerprint density at radius 1 is 1.04 bits per heavy atom. The lowest BCUT2D eigenvalue weighted by Crippen LogP contribution is -2.51. The van der Waals surface area contributed by atoms with Crippen molar-refractivity contribution in [3.05, 3.63) is 48.0 Å². The average Bonchev–Trinajstić information content (AvgIpc) is 2.69. The van der Waals surface area contributed by atoms with Crippen molar-refractivity contribution < 1.29 is 14.3 Å². The Bertz CT molecular complexity index is 749. The highest BCUT2D eigenvalue weighted by Crippen LogP contribution is 2.27. The lowest BCUT2D eigenvalue weighted by Gasteiger charge is -2.41. The molecule has 2 fully saturated rings. The van der Waals surface area contributed by atoms with Gasteiger partial charge in [0.05, 0.1) is 19.6 Å². The van der Waals surface area contributed by atoms with Crippen LogP contribution in [0.4, 0.5) is 0 Å². The van der Waals surface area contributed by atoms with Gasteiger partial charge in [-0.05, 0) is 35.6 Å². The lowest BCUT2D eigenvalue weighted by molar-refractivity contribution is -0.155. The van der Waals surface area contributed by atoms with E-state index in [4.69, 9.17) is 9.47 Å². The predicted molar refractivity (Wildman–Crippen MR) is 102 cm³/mol. The van der Waals surface area contributed by atoms with Gasteiger partial charge in [0.1, 0.15) is 6.10 Å². The Kier molecular flexibility index (Phi) is 5.51. The highest BCUT2D eigenvalue weighted by atomic mass is 16.5. The molecule has 138 valence electrons. The minimum Gasteiger partial charge on any atom is -0.460 e. The Labute approximate surface area is 155 Å². The maximum absolute atomic E-state index is 12.7. The number of rotatable bonds is 4. The SMILES string of the molecule is O=C(Cc1cccc2ccccc12)OC1CCCCC1N1CCOCC1. The summed E-state index contributed by atoms with van der Waals surface area (Å²) < 4.78 is 11.5. The van der Waals surface area contributed by atoms with Crippen molar-refractivity contribution >= 4 is 16.7 Å². The molecule has 4 rings (SSSR count). The lowest BCUT2D eigenvalue weighted by atomic mass is 9.91. The van der Waals surface area contributed by atoms with Crippen LogP contribution < -0.4 is 0 Å². The maximum Gasteiger partial charge on any atom is 0.310 e. The third kappa shape index (κ3) is 3.92. The van der Waals surface area contributed by atoms with Crippen LogP contribution in [0, 0.1) is 0 Å². The molecule has 0 aromatic heterocycles. The molecule has 0 N–H and O–H groups in total. The summed E-state index contributed by atoms with van der Waals surface area (Å²) in [5, 5.41) is 2.31. The summed E-state index contributed by atoms with van der Waals surface area (Å²) in [7, 11) is 0. The first kappa shape index (κ1) is 17.5. The van der Waals surface area contributed by atoms with Gasteiger partial charge in [0.25, 0.3) is 0 Å². The van der Waals surface area contributed by atoms with E-state index in [-0.39, 0.29) is 12.1 Å². The van der Waals surface area contributed by atoms with E-state index in [1.54, 1.807) is 0 Å². The van der Waals surface area contributed by atoms with Gasteiger partial charge in [-0.25, -0.2) is 0 Å². The van der Waals surface area contributed by atoms with Crippen molar-refractivity contribution in [2.24, 2.45) is 0 Å². The first-order valence-corrected chi connectivity index (χ1v) is 9.79. The van der Waals surface area contributed by atoms with E-state index in [0.29, 0.717) is 12.5 Å². The molecule has 4 heteroatoms. The summed E-state index contributed by atoms with van der Waals surface area (Å²) in [5.41, 5.74) is 1.05. The fourth-order valence-corrected chi connectivity index (χ4v) is 4.35. The minimum absolute atomic E-state index is 0.0179. The van der Waals surface area contributed by atoms with E-state index >= 15 is 0 Å². The van der Waals surface area contributed by atoms with E-state index in [0.717, 1.165) is 56.5 Å². The quantitative estimate of drug-likeness (QED) is 0.788. The molecule has 2 aliphatic rings. The fourth-order valence-electron chi connectivity index (χ4n) is 4.35. The van der Waals surface area contributed by atoms with Gasteiger partial charge >= 0.3 is 5.97 Å². The number of benzene rings is 2. The number of morpholine rings is 1. The molecule has 2 aromatic rings. The van der Waals surface area contributed by atoms with E-state index < -0.39 is 0 Å². The molecule has 0 radical (unpaired) electrons. The van der Waals surface area contributed by atoms with Crippen LogP contribution in [0.15, 0.2) is 42.5 Å². The predicted octanol–water partition coefficient (Wildman–Crippen LogP) is 3.57. The van der Waals surface area contributed by atoms with Gasteiger partial charge in [-0.15, -0.1) is 0 Å². The topological polar surface area (TPSA) is 38.8 Å². The van der Waals surface area contributed by atoms with Gasteiger partial charge in [0.15, 0.2) is 0 Å². The molecule has 0 bridgehead atoms. The first-order chi connectivity index (χ1) is 12.8. The molecule has 2 aromatic carbocycles. The Balaban J connectivity index is 1.44. The zero-order valence-corrected chi connectivity index (χ0v) is 15.2. The zero-order valence-electron chi connectivity index (χ0n) is 15.2. The second-order valence-corrected chi connectivity index (χ2v) is 7.34. The van der Waals surface area contributed by atoms with E-state index in [1.165, 1.54) is 11.8 Å². The summed E-state index contributed by atoms with van der Waals surface area (Å²) in [6.07, 6.45) is 4.82. The third-order valence-electron chi connectivity index (χ3n) is 5.68. The van der Waals surface area contributed by atoms with Crippen LogP contribution in [0.3, 0.4) is 0 Å². The van der Waals surface area contributed by atoms with Crippen molar-refractivity contribution in [1.29, 1.82) is 0 Å². The van der Waals surface area contributed by atoms with Crippen LogP contribution in [0.1, 0.15) is 31.2 Å². The molecule has 26 heavy (non-hydrogen) atoms. The number of carbonyl (C=O) groups excluding carboxylic acids is 1. The van der Waals surface area contributed by atoms with Crippen LogP contribution in [-0.2, 0) is 20.7 Å². The largest absolute Gasteiger partial charge is 0.460 e. The normalized spacial score (nSPS) is 24.5. The highest BCUT2D eigenvalue weighted by Gasteiger charge is 2.33. The van der Waals surface area contributed by atoms with Crippen molar-refractivity contribution in [1.82, 2.24) is 4.90 Å². The molecule has 1 aliphatic carbocycles. The number of hydrogen-bond acceptors (Lipinski definition) is 4. The molecule has 2 atom stereocenters. The first-order valence-electron chi connectivity index (χ1n) is 9.79. The van der Waals surface area contributed by atoms with Gasteiger partial charge in [-0.1, -0.05) is 48.9 Å². The number of carbonyl (C=O) groups is 1. The van der Waals surface area contributed by atoms with Crippen LogP contribution in [-0.4, -0.2) is 49.3 Å². The second-order valence-electron chi connectivity index (χ2n) is 7.34. The second kappa shape index (κ2) is 8.19. The molecule has 1 saturated carbocycles. The number of nitrogens with zero attached hydrogens (tertiary/aromatic N) is 1. The van der Waals surface area contributed by atoms with Crippen molar-refractivity contribution in [3.8, 4) is 0 Å². The van der Waals surface area contributed by atoms with Crippen LogP contribution in [0.2, 0.25) is 0 Å². The zero-order chi connectivity index (χ0) is 17.8. The summed E-state index contributed by atoms with van der Waals surface area (Å²) in [6.45, 7) is 3.46. The van der Waals surface area contributed by atoms with Gasteiger partial charge in [0.2, 0.25) is 0 Å². The maximum atomic E-state index is 12.7. The van der Waals surface area contributed by atoms with Crippen molar-refractivity contribution in [2.75, 3.05) is 26.3 Å². The minimum atomic E-state index is -0.105. The fraction of sp³-hybridized carbons (Fsp3) is 0.500. The summed E-state index contributed by atoms with van der Waals surface area (Å²) in [4.78, 5) is 15.1. The molecule has 0 amide bonds. The smallest absolute Gasteiger partial charge is 0.310 e. The van der Waals surface area contributed by atoms with E-state index in [9.17, 15) is 4.79 Å². The molecular formula is C22H27NO3. The third-order valence-corrected chi connectivity index (χ3v) is 5.68. The number of fused-ring (bicyclic) bond motifs is 1. The van der Waals surface area contributed by atoms with Crippen LogP contribution in [0.25, 0.3) is 10.8 Å². The van der Waals surface area contributed by atoms with E-state index in [1.807, 2.05) is 24.3 Å². The van der Waals surface area contributed by atoms with Crippen molar-refractivity contribution in [2.45, 2.75) is 44.2 Å². The summed E-state index contributed by atoms with van der Waals surface area (Å²) in [6, 6.07) is 14.7. The average molecular weight is 353 g/mol. The summed E-state index contributed by atoms with van der Waals surface area (Å²) in [5.74, 6) is -0.105. The Morgan fingerprint density at radius 3 is 2.69 bits per heavy atom. The molecule has 0 spiro atoms. The van der Waals surface area contributed by atoms with E-state index in [2.05, 4.69) is 23.1 Å². The van der Waals surface area contributed by atoms with Gasteiger partial charge in [-0.2, -0.15) is 0 Å². The summed E-state index contributed by atoms with van der Waals surface area (Å²) >= 11 is 0. The van der Waals surface area contributed by atoms with Crippen LogP contribution >= 0.6 is 0 Å². The molecular weight excluding hydrogens is 326 g/mol. The number of hydrogen-bond donors (Lipinski definition) is 0. The van der Waals surface area contributed by atoms with Gasteiger partial charge in [0, 0.05) is 19.1 Å². The van der Waals surface area contributed by atoms with Crippen LogP contribution in [0.5, 0.6) is 0 Å². The molecule has 4 nitrogen and oxygen atoms in total. The van der Waals surface area contributed by atoms with Gasteiger partial charge in [-0.3, -0.25) is 9.69 Å². The number of ether oxygens (including phenoxy) is 2. The molecule has 1 heterocycles.